The third-order valence-electron chi connectivity index (χ3n) is 7.10. The standard InChI is InChI=1S/C20H29N7O.C7H7FO/c1-25(22)19(21)14-4-6-15(7-5-14)24-20(28)17-13-23-27-11-8-16(12-18(17)27)26-9-2-3-10-26;1-9-7-4-2-6(8)3-5-7/h8,11-15,21H,2-7,9-10,22H2,1H3,(H,24,28);2-5H,1H3. The van der Waals surface area contributed by atoms with Crippen LogP contribution < -0.4 is 20.8 Å². The highest BCUT2D eigenvalue weighted by Gasteiger charge is 2.27. The highest BCUT2D eigenvalue weighted by atomic mass is 19.1. The number of amides is 1. The molecule has 1 aliphatic carbocycles. The third-order valence-corrected chi connectivity index (χ3v) is 7.10. The van der Waals surface area contributed by atoms with E-state index in [0.717, 1.165) is 50.0 Å². The average Bonchev–Trinajstić information content (AvgIpc) is 3.60. The fourth-order valence-electron chi connectivity index (χ4n) is 4.95. The molecular weight excluding hydrogens is 473 g/mol. The monoisotopic (exact) mass is 509 g/mol. The van der Waals surface area contributed by atoms with Gasteiger partial charge in [0.05, 0.1) is 24.4 Å². The predicted molar refractivity (Wildman–Crippen MR) is 142 cm³/mol. The number of hydrazine groups is 1. The van der Waals surface area contributed by atoms with Gasteiger partial charge in [-0.15, -0.1) is 0 Å². The largest absolute Gasteiger partial charge is 0.497 e. The Hall–Kier alpha value is -3.66. The number of hydrogen-bond acceptors (Lipinski definition) is 6. The van der Waals surface area contributed by atoms with Gasteiger partial charge in [-0.05, 0) is 74.9 Å². The molecule has 0 radical (unpaired) electrons. The number of fused-ring (bicyclic) bond motifs is 1. The number of hydrogen-bond donors (Lipinski definition) is 3. The Balaban J connectivity index is 0.000000301. The van der Waals surface area contributed by atoms with Crippen molar-refractivity contribution in [2.24, 2.45) is 11.8 Å². The summed E-state index contributed by atoms with van der Waals surface area (Å²) in [6.07, 6.45) is 9.51. The zero-order chi connectivity index (χ0) is 26.4. The average molecular weight is 510 g/mol. The van der Waals surface area contributed by atoms with Gasteiger partial charge in [-0.25, -0.2) is 14.7 Å². The lowest BCUT2D eigenvalue weighted by molar-refractivity contribution is 0.0926. The van der Waals surface area contributed by atoms with E-state index in [0.29, 0.717) is 17.1 Å². The van der Waals surface area contributed by atoms with Crippen molar-refractivity contribution in [2.75, 3.05) is 32.1 Å². The lowest BCUT2D eigenvalue weighted by atomic mass is 9.85. The van der Waals surface area contributed by atoms with E-state index >= 15 is 0 Å². The zero-order valence-electron chi connectivity index (χ0n) is 21.5. The van der Waals surface area contributed by atoms with E-state index < -0.39 is 0 Å². The van der Waals surface area contributed by atoms with Crippen LogP contribution in [0.15, 0.2) is 48.8 Å². The highest BCUT2D eigenvalue weighted by Crippen LogP contribution is 2.27. The summed E-state index contributed by atoms with van der Waals surface area (Å²) in [6, 6.07) is 10.2. The van der Waals surface area contributed by atoms with Crippen LogP contribution in [0, 0.1) is 17.1 Å². The minimum atomic E-state index is -0.240. The van der Waals surface area contributed by atoms with Crippen LogP contribution in [0.2, 0.25) is 0 Å². The third kappa shape index (κ3) is 6.56. The van der Waals surface area contributed by atoms with Crippen molar-refractivity contribution in [3.05, 3.63) is 60.2 Å². The first kappa shape index (κ1) is 26.4. The minimum absolute atomic E-state index is 0.0666. The number of nitrogens with zero attached hydrogens (tertiary/aromatic N) is 4. The SMILES string of the molecule is CN(N)C(=N)C1CCC(NC(=O)c2cnn3ccc(N4CCCC4)cc23)CC1.COc1ccc(F)cc1. The van der Waals surface area contributed by atoms with E-state index in [1.54, 1.807) is 37.0 Å². The number of nitrogens with one attached hydrogen (secondary N) is 2. The molecule has 0 atom stereocenters. The van der Waals surface area contributed by atoms with Crippen molar-refractivity contribution in [3.63, 3.8) is 0 Å². The number of benzene rings is 1. The van der Waals surface area contributed by atoms with Crippen molar-refractivity contribution < 1.29 is 13.9 Å². The number of rotatable bonds is 5. The van der Waals surface area contributed by atoms with Gasteiger partial charge >= 0.3 is 0 Å². The molecule has 0 bridgehead atoms. The van der Waals surface area contributed by atoms with Crippen molar-refractivity contribution in [1.29, 1.82) is 5.41 Å². The normalized spacial score (nSPS) is 19.2. The molecule has 3 heterocycles. The molecule has 1 saturated carbocycles. The number of aromatic nitrogens is 2. The van der Waals surface area contributed by atoms with Gasteiger partial charge in [0.15, 0.2) is 0 Å². The Labute approximate surface area is 216 Å². The molecule has 10 heteroatoms. The Morgan fingerprint density at radius 1 is 1.16 bits per heavy atom. The molecule has 2 fully saturated rings. The zero-order valence-corrected chi connectivity index (χ0v) is 21.5. The Morgan fingerprint density at radius 2 is 1.84 bits per heavy atom. The number of carbonyl (C=O) groups is 1. The van der Waals surface area contributed by atoms with Crippen molar-refractivity contribution in [2.45, 2.75) is 44.6 Å². The van der Waals surface area contributed by atoms with Crippen molar-refractivity contribution in [1.82, 2.24) is 19.9 Å². The van der Waals surface area contributed by atoms with Crippen LogP contribution in [-0.2, 0) is 0 Å². The second-order valence-electron chi connectivity index (χ2n) is 9.64. The van der Waals surface area contributed by atoms with Crippen LogP contribution in [0.25, 0.3) is 5.52 Å². The summed E-state index contributed by atoms with van der Waals surface area (Å²) < 4.78 is 18.7. The maximum atomic E-state index is 12.9. The van der Waals surface area contributed by atoms with Gasteiger partial charge in [0.1, 0.15) is 17.4 Å². The number of carbonyl (C=O) groups excluding carboxylic acids is 1. The van der Waals surface area contributed by atoms with Crippen LogP contribution in [0.1, 0.15) is 48.9 Å². The van der Waals surface area contributed by atoms with Crippen molar-refractivity contribution >= 4 is 22.9 Å². The molecule has 1 aromatic carbocycles. The molecule has 1 amide bonds. The smallest absolute Gasteiger partial charge is 0.255 e. The fourth-order valence-corrected chi connectivity index (χ4v) is 4.95. The summed E-state index contributed by atoms with van der Waals surface area (Å²) in [6.45, 7) is 2.14. The lowest BCUT2D eigenvalue weighted by Gasteiger charge is -2.31. The molecule has 198 valence electrons. The van der Waals surface area contributed by atoms with Gasteiger partial charge in [0.25, 0.3) is 5.91 Å². The van der Waals surface area contributed by atoms with Crippen LogP contribution in [0.5, 0.6) is 5.75 Å². The molecule has 2 aromatic heterocycles. The topological polar surface area (TPSA) is 112 Å². The van der Waals surface area contributed by atoms with E-state index in [2.05, 4.69) is 27.4 Å². The van der Waals surface area contributed by atoms with Gasteiger partial charge in [0, 0.05) is 44.0 Å². The second-order valence-corrected chi connectivity index (χ2v) is 9.64. The number of anilines is 1. The lowest BCUT2D eigenvalue weighted by Crippen LogP contribution is -2.42. The molecule has 1 aliphatic heterocycles. The van der Waals surface area contributed by atoms with E-state index in [-0.39, 0.29) is 23.7 Å². The molecule has 1 saturated heterocycles. The number of nitrogens with two attached hydrogens (primary N) is 1. The molecule has 3 aromatic rings. The minimum Gasteiger partial charge on any atom is -0.497 e. The van der Waals surface area contributed by atoms with E-state index in [9.17, 15) is 9.18 Å². The molecule has 0 spiro atoms. The van der Waals surface area contributed by atoms with E-state index in [1.165, 1.54) is 30.0 Å². The summed E-state index contributed by atoms with van der Waals surface area (Å²) in [4.78, 5) is 15.3. The fraction of sp³-hybridized carbons (Fsp3) is 0.444. The van der Waals surface area contributed by atoms with Gasteiger partial charge in [-0.3, -0.25) is 10.2 Å². The van der Waals surface area contributed by atoms with E-state index in [4.69, 9.17) is 16.0 Å². The second kappa shape index (κ2) is 12.1. The van der Waals surface area contributed by atoms with Gasteiger partial charge in [-0.1, -0.05) is 0 Å². The van der Waals surface area contributed by atoms with Crippen LogP contribution in [-0.4, -0.2) is 59.7 Å². The maximum Gasteiger partial charge on any atom is 0.255 e. The quantitative estimate of drug-likeness (QED) is 0.209. The molecule has 37 heavy (non-hydrogen) atoms. The molecule has 0 unspecified atom stereocenters. The Morgan fingerprint density at radius 3 is 2.46 bits per heavy atom. The first-order valence-corrected chi connectivity index (χ1v) is 12.8. The summed E-state index contributed by atoms with van der Waals surface area (Å²) in [7, 11) is 3.25. The first-order chi connectivity index (χ1) is 17.9. The van der Waals surface area contributed by atoms with Crippen LogP contribution >= 0.6 is 0 Å². The van der Waals surface area contributed by atoms with Gasteiger partial charge < -0.3 is 20.0 Å². The number of methoxy groups -OCH3 is 1. The number of ether oxygens (including phenoxy) is 1. The predicted octanol–water partition coefficient (Wildman–Crippen LogP) is 3.84. The van der Waals surface area contributed by atoms with Crippen molar-refractivity contribution in [3.8, 4) is 5.75 Å². The Kier molecular flexibility index (Phi) is 8.60. The summed E-state index contributed by atoms with van der Waals surface area (Å²) in [5.41, 5.74) is 2.63. The number of amidine groups is 1. The summed E-state index contributed by atoms with van der Waals surface area (Å²) in [5, 5.41) is 16.9. The molecule has 9 nitrogen and oxygen atoms in total. The molecule has 4 N–H and O–H groups in total. The highest BCUT2D eigenvalue weighted by molar-refractivity contribution is 6.01. The Bertz CT molecular complexity index is 1200. The summed E-state index contributed by atoms with van der Waals surface area (Å²) >= 11 is 0. The van der Waals surface area contributed by atoms with Gasteiger partial charge in [-0.2, -0.15) is 5.10 Å². The maximum absolute atomic E-state index is 12.9. The molecule has 5 rings (SSSR count). The van der Waals surface area contributed by atoms with Crippen LogP contribution in [0.3, 0.4) is 0 Å². The number of pyridine rings is 1. The molecule has 2 aliphatic rings. The van der Waals surface area contributed by atoms with Gasteiger partial charge in [0.2, 0.25) is 0 Å². The molecular formula is C27H36FN7O2. The van der Waals surface area contributed by atoms with E-state index in [1.807, 2.05) is 6.20 Å². The summed E-state index contributed by atoms with van der Waals surface area (Å²) in [5.74, 6) is 6.71. The number of halogens is 1. The van der Waals surface area contributed by atoms with Crippen LogP contribution in [0.4, 0.5) is 10.1 Å². The first-order valence-electron chi connectivity index (χ1n) is 12.8.